The smallest absolute Gasteiger partial charge is 0.254 e. The Balaban J connectivity index is 0.00000288. The van der Waals surface area contributed by atoms with Crippen molar-refractivity contribution in [3.8, 4) is 0 Å². The summed E-state index contributed by atoms with van der Waals surface area (Å²) in [7, 11) is 0. The summed E-state index contributed by atoms with van der Waals surface area (Å²) in [6.07, 6.45) is 1.44. The molecule has 0 radical (unpaired) electrons. The van der Waals surface area contributed by atoms with Crippen LogP contribution in [0, 0.1) is 0 Å². The molecule has 1 aromatic heterocycles. The van der Waals surface area contributed by atoms with Crippen LogP contribution in [0.5, 0.6) is 0 Å². The predicted octanol–water partition coefficient (Wildman–Crippen LogP) is 3.35. The number of nitrogens with two attached hydrogens (primary N) is 1. The second kappa shape index (κ2) is 11.9. The fourth-order valence-corrected chi connectivity index (χ4v) is 2.46. The van der Waals surface area contributed by atoms with Gasteiger partial charge in [-0.1, -0.05) is 38.1 Å². The summed E-state index contributed by atoms with van der Waals surface area (Å²) in [4.78, 5) is 14.5. The molecule has 0 bridgehead atoms. The van der Waals surface area contributed by atoms with Gasteiger partial charge in [0.1, 0.15) is 12.0 Å². The number of nitrogens with zero attached hydrogens (tertiary/aromatic N) is 1. The third-order valence-electron chi connectivity index (χ3n) is 3.96. The molecule has 0 spiro atoms. The highest BCUT2D eigenvalue weighted by atomic mass is 35.5. The van der Waals surface area contributed by atoms with Crippen LogP contribution in [0.15, 0.2) is 41.0 Å². The molecule has 0 saturated heterocycles. The van der Waals surface area contributed by atoms with E-state index in [0.717, 1.165) is 25.2 Å². The number of carbonyl (C=O) groups excluding carboxylic acids is 1. The lowest BCUT2D eigenvalue weighted by atomic mass is 10.1. The zero-order chi connectivity index (χ0) is 16.7. The molecule has 3 N–H and O–H groups in total. The molecule has 0 aliphatic rings. The van der Waals surface area contributed by atoms with E-state index in [1.807, 2.05) is 12.1 Å². The molecule has 1 amide bonds. The Labute approximate surface area is 161 Å². The molecule has 5 nitrogen and oxygen atoms in total. The molecule has 140 valence electrons. The molecule has 2 rings (SSSR count). The van der Waals surface area contributed by atoms with Crippen LogP contribution in [-0.2, 0) is 19.6 Å². The van der Waals surface area contributed by atoms with Crippen molar-refractivity contribution in [2.75, 3.05) is 13.1 Å². The summed E-state index contributed by atoms with van der Waals surface area (Å²) >= 11 is 0. The fraction of sp³-hybridized carbons (Fsp3) is 0.389. The van der Waals surface area contributed by atoms with Crippen molar-refractivity contribution in [1.82, 2.24) is 10.2 Å². The topological polar surface area (TPSA) is 71.5 Å². The molecule has 0 saturated carbocycles. The Kier molecular flexibility index (Phi) is 11.2. The lowest BCUT2D eigenvalue weighted by molar-refractivity contribution is 0.0950. The summed E-state index contributed by atoms with van der Waals surface area (Å²) in [5.74, 6) is 0.461. The Morgan fingerprint density at radius 3 is 2.36 bits per heavy atom. The summed E-state index contributed by atoms with van der Waals surface area (Å²) in [5.41, 5.74) is 8.37. The molecule has 0 atom stereocenters. The van der Waals surface area contributed by atoms with E-state index >= 15 is 0 Å². The monoisotopic (exact) mass is 387 g/mol. The summed E-state index contributed by atoms with van der Waals surface area (Å²) < 4.78 is 5.20. The maximum atomic E-state index is 12.2. The minimum absolute atomic E-state index is 0. The van der Waals surface area contributed by atoms with Gasteiger partial charge < -0.3 is 15.5 Å². The zero-order valence-electron chi connectivity index (χ0n) is 14.7. The number of benzene rings is 1. The fourth-order valence-electron chi connectivity index (χ4n) is 2.46. The lowest BCUT2D eigenvalue weighted by Gasteiger charge is -2.20. The molecule has 0 unspecified atom stereocenters. The van der Waals surface area contributed by atoms with Crippen molar-refractivity contribution < 1.29 is 9.21 Å². The number of hydrogen-bond donors (Lipinski definition) is 2. The van der Waals surface area contributed by atoms with Gasteiger partial charge in [0.05, 0.1) is 12.1 Å². The SMILES string of the molecule is CCN(CC)Cc1ccccc1CNC(=O)c1coc(CN)c1.Cl.Cl. The van der Waals surface area contributed by atoms with Crippen molar-refractivity contribution in [2.24, 2.45) is 5.73 Å². The van der Waals surface area contributed by atoms with Crippen molar-refractivity contribution in [3.05, 3.63) is 59.0 Å². The van der Waals surface area contributed by atoms with Crippen LogP contribution in [0.2, 0.25) is 0 Å². The second-order valence-electron chi connectivity index (χ2n) is 5.42. The van der Waals surface area contributed by atoms with Crippen LogP contribution < -0.4 is 11.1 Å². The zero-order valence-corrected chi connectivity index (χ0v) is 16.3. The van der Waals surface area contributed by atoms with Crippen molar-refractivity contribution >= 4 is 30.7 Å². The third-order valence-corrected chi connectivity index (χ3v) is 3.96. The van der Waals surface area contributed by atoms with Gasteiger partial charge in [0.25, 0.3) is 5.91 Å². The number of furan rings is 1. The molecule has 0 fully saturated rings. The molecule has 7 heteroatoms. The quantitative estimate of drug-likeness (QED) is 0.728. The number of nitrogens with one attached hydrogen (secondary N) is 1. The molecular formula is C18H27Cl2N3O2. The minimum atomic E-state index is -0.147. The van der Waals surface area contributed by atoms with E-state index in [-0.39, 0.29) is 30.7 Å². The normalized spacial score (nSPS) is 10.1. The molecular weight excluding hydrogens is 361 g/mol. The average Bonchev–Trinajstić information content (AvgIpc) is 3.07. The number of rotatable bonds is 8. The van der Waals surface area contributed by atoms with E-state index in [4.69, 9.17) is 10.2 Å². The maximum absolute atomic E-state index is 12.2. The molecule has 0 aliphatic carbocycles. The second-order valence-corrected chi connectivity index (χ2v) is 5.42. The Bertz CT molecular complexity index is 643. The molecule has 0 aliphatic heterocycles. The first-order valence-corrected chi connectivity index (χ1v) is 8.02. The van der Waals surface area contributed by atoms with Gasteiger partial charge in [-0.2, -0.15) is 0 Å². The van der Waals surface area contributed by atoms with Gasteiger partial charge in [-0.3, -0.25) is 9.69 Å². The largest absolute Gasteiger partial charge is 0.467 e. The molecule has 1 aromatic carbocycles. The van der Waals surface area contributed by atoms with Gasteiger partial charge in [0.15, 0.2) is 0 Å². The van der Waals surface area contributed by atoms with Gasteiger partial charge in [-0.15, -0.1) is 24.8 Å². The van der Waals surface area contributed by atoms with E-state index in [1.165, 1.54) is 11.8 Å². The van der Waals surface area contributed by atoms with Crippen LogP contribution in [0.1, 0.15) is 41.1 Å². The summed E-state index contributed by atoms with van der Waals surface area (Å²) in [6, 6.07) is 9.88. The first-order chi connectivity index (χ1) is 11.2. The van der Waals surface area contributed by atoms with Crippen LogP contribution >= 0.6 is 24.8 Å². The van der Waals surface area contributed by atoms with Gasteiger partial charge in [0.2, 0.25) is 0 Å². The lowest BCUT2D eigenvalue weighted by Crippen LogP contribution is -2.25. The van der Waals surface area contributed by atoms with Crippen molar-refractivity contribution in [2.45, 2.75) is 33.5 Å². The van der Waals surface area contributed by atoms with E-state index in [0.29, 0.717) is 24.4 Å². The van der Waals surface area contributed by atoms with E-state index in [9.17, 15) is 4.79 Å². The van der Waals surface area contributed by atoms with Crippen LogP contribution in [-0.4, -0.2) is 23.9 Å². The first kappa shape index (κ1) is 23.5. The Morgan fingerprint density at radius 1 is 1.16 bits per heavy atom. The summed E-state index contributed by atoms with van der Waals surface area (Å²) in [5, 5.41) is 2.94. The average molecular weight is 388 g/mol. The molecule has 2 aromatic rings. The number of carbonyl (C=O) groups is 1. The highest BCUT2D eigenvalue weighted by Gasteiger charge is 2.11. The third kappa shape index (κ3) is 6.71. The van der Waals surface area contributed by atoms with Gasteiger partial charge in [0, 0.05) is 13.1 Å². The van der Waals surface area contributed by atoms with Crippen LogP contribution in [0.3, 0.4) is 0 Å². The minimum Gasteiger partial charge on any atom is -0.467 e. The Morgan fingerprint density at radius 2 is 1.80 bits per heavy atom. The number of halogens is 2. The number of hydrogen-bond acceptors (Lipinski definition) is 4. The van der Waals surface area contributed by atoms with Crippen molar-refractivity contribution in [3.63, 3.8) is 0 Å². The van der Waals surface area contributed by atoms with Gasteiger partial charge >= 0.3 is 0 Å². The Hall–Kier alpha value is -1.53. The predicted molar refractivity (Wildman–Crippen MR) is 105 cm³/mol. The molecule has 1 heterocycles. The molecule has 25 heavy (non-hydrogen) atoms. The summed E-state index contributed by atoms with van der Waals surface area (Å²) in [6.45, 7) is 8.01. The standard InChI is InChI=1S/C18H25N3O2.2ClH/c1-3-21(4-2)12-15-8-6-5-7-14(15)11-20-18(22)16-9-17(10-19)23-13-16;;/h5-9,13H,3-4,10-12,19H2,1-2H3,(H,20,22);2*1H. The number of amides is 1. The van der Waals surface area contributed by atoms with Crippen molar-refractivity contribution in [1.29, 1.82) is 0 Å². The van der Waals surface area contributed by atoms with E-state index < -0.39 is 0 Å². The van der Waals surface area contributed by atoms with Crippen LogP contribution in [0.25, 0.3) is 0 Å². The van der Waals surface area contributed by atoms with E-state index in [1.54, 1.807) is 6.07 Å². The van der Waals surface area contributed by atoms with Gasteiger partial charge in [-0.25, -0.2) is 0 Å². The van der Waals surface area contributed by atoms with Crippen LogP contribution in [0.4, 0.5) is 0 Å². The first-order valence-electron chi connectivity index (χ1n) is 8.02. The highest BCUT2D eigenvalue weighted by molar-refractivity contribution is 5.93. The van der Waals surface area contributed by atoms with E-state index in [2.05, 4.69) is 36.2 Å². The highest BCUT2D eigenvalue weighted by Crippen LogP contribution is 2.13. The van der Waals surface area contributed by atoms with Gasteiger partial charge in [-0.05, 0) is 30.3 Å². The maximum Gasteiger partial charge on any atom is 0.254 e.